The van der Waals surface area contributed by atoms with E-state index in [0.717, 1.165) is 16.7 Å². The first-order chi connectivity index (χ1) is 9.42. The lowest BCUT2D eigenvalue weighted by Crippen LogP contribution is -1.79. The van der Waals surface area contributed by atoms with E-state index in [0.29, 0.717) is 0 Å². The molecule has 2 heterocycles. The summed E-state index contributed by atoms with van der Waals surface area (Å²) in [5.41, 5.74) is 4.53. The molecule has 0 atom stereocenters. The maximum atomic E-state index is 4.39. The van der Waals surface area contributed by atoms with Crippen LogP contribution in [0, 0.1) is 0 Å². The minimum atomic E-state index is 1.02. The molecule has 2 nitrogen and oxygen atoms in total. The topological polar surface area (TPSA) is 28.7 Å². The van der Waals surface area contributed by atoms with E-state index in [4.69, 9.17) is 0 Å². The third-order valence-corrected chi connectivity index (χ3v) is 3.46. The molecule has 2 aromatic carbocycles. The fourth-order valence-corrected chi connectivity index (χ4v) is 2.53. The standard InChI is InChI=1S/C17H12N2/c1-2-5-12(6-3-1)16-11-13-8-9-15-14(17(13)19-16)7-4-10-18-15/h1-11,19H. The molecule has 0 aliphatic carbocycles. The summed E-state index contributed by atoms with van der Waals surface area (Å²) in [5, 5.41) is 2.39. The number of pyridine rings is 1. The quantitative estimate of drug-likeness (QED) is 0.528. The average Bonchev–Trinajstić information content (AvgIpc) is 2.93. The lowest BCUT2D eigenvalue weighted by Gasteiger charge is -1.98. The van der Waals surface area contributed by atoms with E-state index >= 15 is 0 Å². The molecule has 0 spiro atoms. The number of H-pyrrole nitrogens is 1. The molecule has 0 fully saturated rings. The van der Waals surface area contributed by atoms with Crippen LogP contribution in [0.5, 0.6) is 0 Å². The molecule has 0 aliphatic rings. The molecule has 0 amide bonds. The van der Waals surface area contributed by atoms with E-state index in [-0.39, 0.29) is 0 Å². The number of nitrogens with zero attached hydrogens (tertiary/aromatic N) is 1. The van der Waals surface area contributed by atoms with Gasteiger partial charge in [-0.1, -0.05) is 36.4 Å². The van der Waals surface area contributed by atoms with Gasteiger partial charge in [-0.2, -0.15) is 0 Å². The number of nitrogens with one attached hydrogen (secondary N) is 1. The number of aromatic amines is 1. The largest absolute Gasteiger partial charge is 0.354 e. The van der Waals surface area contributed by atoms with Crippen LogP contribution in [-0.2, 0) is 0 Å². The Kier molecular flexibility index (Phi) is 2.15. The highest BCUT2D eigenvalue weighted by Crippen LogP contribution is 2.28. The number of rotatable bonds is 1. The van der Waals surface area contributed by atoms with Crippen molar-refractivity contribution >= 4 is 21.8 Å². The summed E-state index contributed by atoms with van der Waals surface area (Å²) in [5.74, 6) is 0. The predicted molar refractivity (Wildman–Crippen MR) is 79.0 cm³/mol. The average molecular weight is 244 g/mol. The molecule has 4 aromatic rings. The van der Waals surface area contributed by atoms with Crippen LogP contribution in [0.4, 0.5) is 0 Å². The highest BCUT2D eigenvalue weighted by atomic mass is 14.7. The van der Waals surface area contributed by atoms with Crippen molar-refractivity contribution < 1.29 is 0 Å². The molecule has 1 N–H and O–H groups in total. The second-order valence-corrected chi connectivity index (χ2v) is 4.65. The second kappa shape index (κ2) is 3.95. The van der Waals surface area contributed by atoms with Gasteiger partial charge in [0.25, 0.3) is 0 Å². The van der Waals surface area contributed by atoms with Gasteiger partial charge in [-0.3, -0.25) is 4.98 Å². The third-order valence-electron chi connectivity index (χ3n) is 3.46. The first kappa shape index (κ1) is 10.3. The van der Waals surface area contributed by atoms with Gasteiger partial charge in [0.05, 0.1) is 11.0 Å². The van der Waals surface area contributed by atoms with Gasteiger partial charge < -0.3 is 4.98 Å². The van der Waals surface area contributed by atoms with Crippen molar-refractivity contribution in [2.45, 2.75) is 0 Å². The molecule has 0 radical (unpaired) electrons. The zero-order valence-electron chi connectivity index (χ0n) is 10.3. The highest BCUT2D eigenvalue weighted by molar-refractivity contribution is 6.05. The number of hydrogen-bond donors (Lipinski definition) is 1. The smallest absolute Gasteiger partial charge is 0.0723 e. The number of hydrogen-bond acceptors (Lipinski definition) is 1. The van der Waals surface area contributed by atoms with Gasteiger partial charge in [0.15, 0.2) is 0 Å². The second-order valence-electron chi connectivity index (χ2n) is 4.65. The summed E-state index contributed by atoms with van der Waals surface area (Å²) in [6.07, 6.45) is 1.83. The van der Waals surface area contributed by atoms with Crippen molar-refractivity contribution in [2.24, 2.45) is 0 Å². The van der Waals surface area contributed by atoms with Crippen LogP contribution in [0.25, 0.3) is 33.1 Å². The van der Waals surface area contributed by atoms with Gasteiger partial charge in [-0.15, -0.1) is 0 Å². The molecular weight excluding hydrogens is 232 g/mol. The summed E-state index contributed by atoms with van der Waals surface area (Å²) in [6, 6.07) is 20.8. The molecule has 19 heavy (non-hydrogen) atoms. The van der Waals surface area contributed by atoms with Crippen molar-refractivity contribution in [2.75, 3.05) is 0 Å². The van der Waals surface area contributed by atoms with Gasteiger partial charge in [0.2, 0.25) is 0 Å². The van der Waals surface area contributed by atoms with Gasteiger partial charge in [0.1, 0.15) is 0 Å². The van der Waals surface area contributed by atoms with E-state index in [9.17, 15) is 0 Å². The van der Waals surface area contributed by atoms with E-state index in [1.165, 1.54) is 16.3 Å². The first-order valence-corrected chi connectivity index (χ1v) is 6.34. The van der Waals surface area contributed by atoms with Crippen LogP contribution in [0.2, 0.25) is 0 Å². The maximum absolute atomic E-state index is 4.39. The van der Waals surface area contributed by atoms with Crippen molar-refractivity contribution in [3.63, 3.8) is 0 Å². The minimum Gasteiger partial charge on any atom is -0.354 e. The fourth-order valence-electron chi connectivity index (χ4n) is 2.53. The van der Waals surface area contributed by atoms with Crippen LogP contribution in [-0.4, -0.2) is 9.97 Å². The Labute approximate surface area is 110 Å². The van der Waals surface area contributed by atoms with E-state index in [1.54, 1.807) is 0 Å². The molecule has 0 aliphatic heterocycles. The monoisotopic (exact) mass is 244 g/mol. The molecule has 0 saturated carbocycles. The Hall–Kier alpha value is -2.61. The lowest BCUT2D eigenvalue weighted by molar-refractivity contribution is 1.41. The van der Waals surface area contributed by atoms with Crippen LogP contribution in [0.1, 0.15) is 0 Å². The highest BCUT2D eigenvalue weighted by Gasteiger charge is 2.06. The lowest BCUT2D eigenvalue weighted by atomic mass is 10.1. The molecule has 0 saturated heterocycles. The Morgan fingerprint density at radius 2 is 1.74 bits per heavy atom. The zero-order chi connectivity index (χ0) is 12.7. The van der Waals surface area contributed by atoms with Crippen LogP contribution >= 0.6 is 0 Å². The number of fused-ring (bicyclic) bond motifs is 3. The summed E-state index contributed by atoms with van der Waals surface area (Å²) in [6.45, 7) is 0. The number of aromatic nitrogens is 2. The Morgan fingerprint density at radius 3 is 2.63 bits per heavy atom. The summed E-state index contributed by atoms with van der Waals surface area (Å²) < 4.78 is 0. The third kappa shape index (κ3) is 1.61. The van der Waals surface area contributed by atoms with Gasteiger partial charge >= 0.3 is 0 Å². The molecule has 90 valence electrons. The molecule has 2 heteroatoms. The van der Waals surface area contributed by atoms with Crippen molar-refractivity contribution in [1.29, 1.82) is 0 Å². The Bertz CT molecular complexity index is 860. The van der Waals surface area contributed by atoms with Gasteiger partial charge in [-0.25, -0.2) is 0 Å². The normalized spacial score (nSPS) is 11.2. The molecule has 0 unspecified atom stereocenters. The minimum absolute atomic E-state index is 1.02. The SMILES string of the molecule is c1ccc(-c2cc3ccc4ncccc4c3[nH]2)cc1. The Morgan fingerprint density at radius 1 is 0.842 bits per heavy atom. The first-order valence-electron chi connectivity index (χ1n) is 6.34. The van der Waals surface area contributed by atoms with Crippen LogP contribution in [0.15, 0.2) is 66.9 Å². The van der Waals surface area contributed by atoms with Crippen molar-refractivity contribution in [1.82, 2.24) is 9.97 Å². The summed E-state index contributed by atoms with van der Waals surface area (Å²) >= 11 is 0. The summed E-state index contributed by atoms with van der Waals surface area (Å²) in [7, 11) is 0. The van der Waals surface area contributed by atoms with E-state index in [2.05, 4.69) is 58.5 Å². The predicted octanol–water partition coefficient (Wildman–Crippen LogP) is 4.38. The van der Waals surface area contributed by atoms with Gasteiger partial charge in [-0.05, 0) is 29.8 Å². The van der Waals surface area contributed by atoms with Crippen molar-refractivity contribution in [3.05, 3.63) is 66.9 Å². The maximum Gasteiger partial charge on any atom is 0.0723 e. The van der Waals surface area contributed by atoms with Crippen LogP contribution in [0.3, 0.4) is 0 Å². The molecule has 2 aromatic heterocycles. The fraction of sp³-hybridized carbons (Fsp3) is 0. The Balaban J connectivity index is 2.04. The van der Waals surface area contributed by atoms with Gasteiger partial charge in [0, 0.05) is 22.7 Å². The number of benzene rings is 2. The zero-order valence-corrected chi connectivity index (χ0v) is 10.3. The van der Waals surface area contributed by atoms with Crippen molar-refractivity contribution in [3.8, 4) is 11.3 Å². The molecule has 4 rings (SSSR count). The molecular formula is C17H12N2. The van der Waals surface area contributed by atoms with E-state index in [1.807, 2.05) is 18.3 Å². The molecule has 0 bridgehead atoms. The van der Waals surface area contributed by atoms with E-state index < -0.39 is 0 Å². The summed E-state index contributed by atoms with van der Waals surface area (Å²) in [4.78, 5) is 7.91. The van der Waals surface area contributed by atoms with Crippen LogP contribution < -0.4 is 0 Å².